The van der Waals surface area contributed by atoms with E-state index in [9.17, 15) is 4.39 Å². The van der Waals surface area contributed by atoms with E-state index in [4.69, 9.17) is 4.74 Å². The molecule has 0 radical (unpaired) electrons. The highest BCUT2D eigenvalue weighted by Crippen LogP contribution is 2.40. The van der Waals surface area contributed by atoms with Gasteiger partial charge in [0.15, 0.2) is 0 Å². The van der Waals surface area contributed by atoms with Crippen LogP contribution in [0.3, 0.4) is 0 Å². The first-order valence-corrected chi connectivity index (χ1v) is 4.58. The van der Waals surface area contributed by atoms with E-state index in [1.807, 2.05) is 6.92 Å². The van der Waals surface area contributed by atoms with Gasteiger partial charge < -0.3 is 4.74 Å². The lowest BCUT2D eigenvalue weighted by Gasteiger charge is -1.98. The van der Waals surface area contributed by atoms with Crippen molar-refractivity contribution in [1.29, 1.82) is 0 Å². The SMILES string of the molecule is CC1OC1c1cc(Br)ccc1F. The van der Waals surface area contributed by atoms with Crippen LogP contribution < -0.4 is 0 Å². The fourth-order valence-corrected chi connectivity index (χ4v) is 1.62. The summed E-state index contributed by atoms with van der Waals surface area (Å²) < 4.78 is 19.2. The van der Waals surface area contributed by atoms with E-state index in [0.29, 0.717) is 5.56 Å². The predicted octanol–water partition coefficient (Wildman–Crippen LogP) is 3.05. The van der Waals surface area contributed by atoms with Crippen molar-refractivity contribution in [1.82, 2.24) is 0 Å². The maximum absolute atomic E-state index is 13.1. The second kappa shape index (κ2) is 2.82. The Morgan fingerprint density at radius 1 is 1.50 bits per heavy atom. The zero-order valence-corrected chi connectivity index (χ0v) is 8.14. The van der Waals surface area contributed by atoms with Gasteiger partial charge in [0.1, 0.15) is 11.9 Å². The molecule has 1 nitrogen and oxygen atoms in total. The van der Waals surface area contributed by atoms with Crippen LogP contribution >= 0.6 is 15.9 Å². The third kappa shape index (κ3) is 1.39. The minimum atomic E-state index is -0.187. The quantitative estimate of drug-likeness (QED) is 0.676. The molecule has 0 spiro atoms. The molecule has 0 aliphatic carbocycles. The van der Waals surface area contributed by atoms with Crippen LogP contribution in [0.5, 0.6) is 0 Å². The van der Waals surface area contributed by atoms with Crippen molar-refractivity contribution in [3.05, 3.63) is 34.1 Å². The third-order valence-electron chi connectivity index (χ3n) is 1.98. The van der Waals surface area contributed by atoms with Gasteiger partial charge in [0, 0.05) is 10.0 Å². The summed E-state index contributed by atoms with van der Waals surface area (Å²) in [5.74, 6) is -0.187. The van der Waals surface area contributed by atoms with Gasteiger partial charge in [0.2, 0.25) is 0 Å². The molecule has 2 atom stereocenters. The summed E-state index contributed by atoms with van der Waals surface area (Å²) in [6.45, 7) is 1.94. The second-order valence-corrected chi connectivity index (χ2v) is 3.84. The average Bonchev–Trinajstić information content (AvgIpc) is 2.73. The van der Waals surface area contributed by atoms with Gasteiger partial charge in [-0.1, -0.05) is 15.9 Å². The van der Waals surface area contributed by atoms with Gasteiger partial charge in [0.25, 0.3) is 0 Å². The molecule has 1 aromatic carbocycles. The Labute approximate surface area is 78.7 Å². The molecule has 1 heterocycles. The summed E-state index contributed by atoms with van der Waals surface area (Å²) in [4.78, 5) is 0. The molecule has 0 aromatic heterocycles. The van der Waals surface area contributed by atoms with Gasteiger partial charge in [0.05, 0.1) is 6.10 Å². The van der Waals surface area contributed by atoms with E-state index in [0.717, 1.165) is 4.47 Å². The van der Waals surface area contributed by atoms with Crippen LogP contribution in [0.2, 0.25) is 0 Å². The number of rotatable bonds is 1. The monoisotopic (exact) mass is 230 g/mol. The van der Waals surface area contributed by atoms with E-state index in [2.05, 4.69) is 15.9 Å². The molecule has 2 rings (SSSR count). The van der Waals surface area contributed by atoms with Crippen molar-refractivity contribution in [3.8, 4) is 0 Å². The number of hydrogen-bond acceptors (Lipinski definition) is 1. The van der Waals surface area contributed by atoms with E-state index in [1.165, 1.54) is 6.07 Å². The average molecular weight is 231 g/mol. The summed E-state index contributed by atoms with van der Waals surface area (Å²) in [6, 6.07) is 4.91. The topological polar surface area (TPSA) is 12.5 Å². The smallest absolute Gasteiger partial charge is 0.129 e. The molecule has 1 aliphatic rings. The highest BCUT2D eigenvalue weighted by atomic mass is 79.9. The maximum atomic E-state index is 13.1. The predicted molar refractivity (Wildman–Crippen MR) is 47.4 cm³/mol. The highest BCUT2D eigenvalue weighted by molar-refractivity contribution is 9.10. The number of benzene rings is 1. The van der Waals surface area contributed by atoms with E-state index in [1.54, 1.807) is 12.1 Å². The molecule has 64 valence electrons. The van der Waals surface area contributed by atoms with Crippen LogP contribution in [0.4, 0.5) is 4.39 Å². The summed E-state index contributed by atoms with van der Waals surface area (Å²) in [5.41, 5.74) is 0.650. The number of epoxide rings is 1. The van der Waals surface area contributed by atoms with Crippen LogP contribution in [0.25, 0.3) is 0 Å². The van der Waals surface area contributed by atoms with Crippen molar-refractivity contribution >= 4 is 15.9 Å². The molecular weight excluding hydrogens is 223 g/mol. The fourth-order valence-electron chi connectivity index (χ4n) is 1.24. The Hall–Kier alpha value is -0.410. The van der Waals surface area contributed by atoms with Crippen molar-refractivity contribution in [2.24, 2.45) is 0 Å². The van der Waals surface area contributed by atoms with Crippen LogP contribution in [-0.2, 0) is 4.74 Å². The molecule has 1 saturated heterocycles. The number of hydrogen-bond donors (Lipinski definition) is 0. The molecule has 3 heteroatoms. The van der Waals surface area contributed by atoms with Crippen LogP contribution in [0, 0.1) is 5.82 Å². The molecule has 0 bridgehead atoms. The molecule has 1 aliphatic heterocycles. The Kier molecular flexibility index (Phi) is 1.93. The lowest BCUT2D eigenvalue weighted by atomic mass is 10.1. The second-order valence-electron chi connectivity index (χ2n) is 2.93. The normalized spacial score (nSPS) is 27.2. The van der Waals surface area contributed by atoms with Gasteiger partial charge in [-0.15, -0.1) is 0 Å². The summed E-state index contributed by atoms with van der Waals surface area (Å²) >= 11 is 3.29. The van der Waals surface area contributed by atoms with Crippen LogP contribution in [-0.4, -0.2) is 6.10 Å². The summed E-state index contributed by atoms with van der Waals surface area (Å²) in [5, 5.41) is 0. The maximum Gasteiger partial charge on any atom is 0.129 e. The van der Waals surface area contributed by atoms with Gasteiger partial charge in [-0.25, -0.2) is 4.39 Å². The summed E-state index contributed by atoms with van der Waals surface area (Å²) in [7, 11) is 0. The molecule has 12 heavy (non-hydrogen) atoms. The van der Waals surface area contributed by atoms with Gasteiger partial charge in [-0.05, 0) is 25.1 Å². The third-order valence-corrected chi connectivity index (χ3v) is 2.47. The lowest BCUT2D eigenvalue weighted by Crippen LogP contribution is -1.89. The fraction of sp³-hybridized carbons (Fsp3) is 0.333. The molecular formula is C9H8BrFO. The van der Waals surface area contributed by atoms with Crippen LogP contribution in [0.15, 0.2) is 22.7 Å². The van der Waals surface area contributed by atoms with Crippen molar-refractivity contribution in [2.45, 2.75) is 19.1 Å². The first-order valence-electron chi connectivity index (χ1n) is 3.79. The van der Waals surface area contributed by atoms with E-state index < -0.39 is 0 Å². The molecule has 1 fully saturated rings. The van der Waals surface area contributed by atoms with Gasteiger partial charge >= 0.3 is 0 Å². The molecule has 0 N–H and O–H groups in total. The number of ether oxygens (including phenoxy) is 1. The van der Waals surface area contributed by atoms with Crippen molar-refractivity contribution < 1.29 is 9.13 Å². The lowest BCUT2D eigenvalue weighted by molar-refractivity contribution is 0.378. The highest BCUT2D eigenvalue weighted by Gasteiger charge is 2.37. The minimum Gasteiger partial charge on any atom is -0.365 e. The first-order chi connectivity index (χ1) is 5.68. The molecule has 0 amide bonds. The molecule has 2 unspecified atom stereocenters. The van der Waals surface area contributed by atoms with Gasteiger partial charge in [-0.2, -0.15) is 0 Å². The standard InChI is InChI=1S/C9H8BrFO/c1-5-9(12-5)7-4-6(10)2-3-8(7)11/h2-5,9H,1H3. The molecule has 1 aromatic rings. The summed E-state index contributed by atoms with van der Waals surface area (Å²) in [6.07, 6.45) is 0.122. The minimum absolute atomic E-state index is 0.0394. The van der Waals surface area contributed by atoms with Gasteiger partial charge in [-0.3, -0.25) is 0 Å². The van der Waals surface area contributed by atoms with E-state index >= 15 is 0 Å². The Balaban J connectivity index is 2.36. The van der Waals surface area contributed by atoms with Crippen LogP contribution in [0.1, 0.15) is 18.6 Å². The number of halogens is 2. The Morgan fingerprint density at radius 2 is 2.17 bits per heavy atom. The molecule has 0 saturated carbocycles. The van der Waals surface area contributed by atoms with Crippen molar-refractivity contribution in [2.75, 3.05) is 0 Å². The zero-order chi connectivity index (χ0) is 8.72. The van der Waals surface area contributed by atoms with E-state index in [-0.39, 0.29) is 18.0 Å². The Bertz CT molecular complexity index is 313. The zero-order valence-electron chi connectivity index (χ0n) is 6.55. The largest absolute Gasteiger partial charge is 0.365 e. The Morgan fingerprint density at radius 3 is 2.75 bits per heavy atom. The van der Waals surface area contributed by atoms with Crippen molar-refractivity contribution in [3.63, 3.8) is 0 Å². The first kappa shape index (κ1) is 8.20.